The van der Waals surface area contributed by atoms with E-state index in [9.17, 15) is 0 Å². The quantitative estimate of drug-likeness (QED) is 0.454. The maximum atomic E-state index is 5.94. The van der Waals surface area contributed by atoms with Crippen molar-refractivity contribution in [1.82, 2.24) is 15.2 Å². The van der Waals surface area contributed by atoms with Crippen LogP contribution in [-0.4, -0.2) is 15.2 Å². The maximum Gasteiger partial charge on any atom is 0.139 e. The highest BCUT2D eigenvalue weighted by Gasteiger charge is 2.12. The minimum absolute atomic E-state index is 0.765. The second kappa shape index (κ2) is 4.61. The Balaban J connectivity index is 1.81. The molecule has 0 aliphatic heterocycles. The van der Waals surface area contributed by atoms with E-state index in [4.69, 9.17) is 4.42 Å². The van der Waals surface area contributed by atoms with Crippen LogP contribution in [0.15, 0.2) is 71.4 Å². The Labute approximate surface area is 131 Å². The molecule has 23 heavy (non-hydrogen) atoms. The van der Waals surface area contributed by atoms with Crippen LogP contribution in [0, 0.1) is 0 Å². The minimum atomic E-state index is 0.765. The molecule has 2 aromatic carbocycles. The van der Waals surface area contributed by atoms with Crippen molar-refractivity contribution < 1.29 is 4.42 Å². The van der Waals surface area contributed by atoms with Crippen LogP contribution in [0.4, 0.5) is 0 Å². The molecule has 0 radical (unpaired) electrons. The van der Waals surface area contributed by atoms with Gasteiger partial charge in [0, 0.05) is 33.8 Å². The van der Waals surface area contributed by atoms with Gasteiger partial charge in [-0.25, -0.2) is 0 Å². The summed E-state index contributed by atoms with van der Waals surface area (Å²) in [5.74, 6) is 0. The van der Waals surface area contributed by atoms with E-state index in [1.54, 1.807) is 6.20 Å². The lowest BCUT2D eigenvalue weighted by Crippen LogP contribution is -1.91. The molecule has 5 rings (SSSR count). The molecule has 0 saturated carbocycles. The number of benzene rings is 2. The van der Waals surface area contributed by atoms with Crippen LogP contribution in [0.1, 0.15) is 0 Å². The fourth-order valence-corrected chi connectivity index (χ4v) is 2.97. The predicted molar refractivity (Wildman–Crippen MR) is 90.0 cm³/mol. The third-order valence-electron chi connectivity index (χ3n) is 4.08. The maximum absolute atomic E-state index is 5.94. The largest absolute Gasteiger partial charge is 0.456 e. The number of nitrogens with zero attached hydrogens (tertiary/aromatic N) is 3. The van der Waals surface area contributed by atoms with Gasteiger partial charge < -0.3 is 4.42 Å². The molecular weight excluding hydrogens is 286 g/mol. The molecule has 5 aromatic rings. The molecule has 0 bridgehead atoms. The van der Waals surface area contributed by atoms with Gasteiger partial charge in [0.05, 0.1) is 11.9 Å². The lowest BCUT2D eigenvalue weighted by molar-refractivity contribution is 0.668. The lowest BCUT2D eigenvalue weighted by atomic mass is 10.1. The second-order valence-electron chi connectivity index (χ2n) is 5.44. The predicted octanol–water partition coefficient (Wildman–Crippen LogP) is 4.59. The Morgan fingerprint density at radius 2 is 1.57 bits per heavy atom. The number of para-hydroxylation sites is 1. The van der Waals surface area contributed by atoms with Gasteiger partial charge in [-0.05, 0) is 6.07 Å². The highest BCUT2D eigenvalue weighted by molar-refractivity contribution is 6.05. The molecule has 0 fully saturated rings. The average Bonchev–Trinajstić information content (AvgIpc) is 2.99. The van der Waals surface area contributed by atoms with Crippen LogP contribution in [0.2, 0.25) is 0 Å². The number of pyridine rings is 1. The SMILES string of the molecule is c1ccc2c(-c3cc4oc5ccccc5c4cn3)nncc2c1. The first-order valence-electron chi connectivity index (χ1n) is 7.38. The zero-order valence-electron chi connectivity index (χ0n) is 12.1. The molecule has 0 aliphatic rings. The first-order valence-corrected chi connectivity index (χ1v) is 7.38. The smallest absolute Gasteiger partial charge is 0.139 e. The average molecular weight is 297 g/mol. The van der Waals surface area contributed by atoms with Crippen molar-refractivity contribution in [1.29, 1.82) is 0 Å². The van der Waals surface area contributed by atoms with Gasteiger partial charge in [0.15, 0.2) is 0 Å². The lowest BCUT2D eigenvalue weighted by Gasteiger charge is -2.03. The Kier molecular flexibility index (Phi) is 2.46. The van der Waals surface area contributed by atoms with Crippen LogP contribution in [0.5, 0.6) is 0 Å². The van der Waals surface area contributed by atoms with E-state index in [0.717, 1.165) is 44.1 Å². The first-order chi connectivity index (χ1) is 11.4. The van der Waals surface area contributed by atoms with Gasteiger partial charge in [-0.3, -0.25) is 4.98 Å². The monoisotopic (exact) mass is 297 g/mol. The standard InChI is InChI=1S/C19H11N3O/c1-2-6-13-12(5-1)10-21-22-19(13)16-9-18-15(11-20-16)14-7-3-4-8-17(14)23-18/h1-11H. The molecule has 0 atom stereocenters. The molecule has 0 spiro atoms. The van der Waals surface area contributed by atoms with Crippen molar-refractivity contribution in [2.45, 2.75) is 0 Å². The van der Waals surface area contributed by atoms with Gasteiger partial charge >= 0.3 is 0 Å². The Morgan fingerprint density at radius 3 is 2.52 bits per heavy atom. The van der Waals surface area contributed by atoms with Crippen LogP contribution < -0.4 is 0 Å². The molecule has 4 nitrogen and oxygen atoms in total. The van der Waals surface area contributed by atoms with Gasteiger partial charge in [-0.2, -0.15) is 5.10 Å². The van der Waals surface area contributed by atoms with E-state index in [0.29, 0.717) is 0 Å². The number of furan rings is 1. The van der Waals surface area contributed by atoms with Gasteiger partial charge in [0.1, 0.15) is 16.9 Å². The fourth-order valence-electron chi connectivity index (χ4n) is 2.97. The molecule has 0 saturated heterocycles. The molecule has 108 valence electrons. The molecule has 4 heteroatoms. The number of hydrogen-bond donors (Lipinski definition) is 0. The molecule has 0 N–H and O–H groups in total. The molecule has 0 unspecified atom stereocenters. The zero-order chi connectivity index (χ0) is 15.2. The van der Waals surface area contributed by atoms with E-state index in [2.05, 4.69) is 15.2 Å². The summed E-state index contributed by atoms with van der Waals surface area (Å²) in [6, 6.07) is 17.9. The third kappa shape index (κ3) is 1.82. The molecule has 0 aliphatic carbocycles. The minimum Gasteiger partial charge on any atom is -0.456 e. The van der Waals surface area contributed by atoms with Crippen molar-refractivity contribution in [2.24, 2.45) is 0 Å². The van der Waals surface area contributed by atoms with E-state index >= 15 is 0 Å². The Hall–Kier alpha value is -3.27. The van der Waals surface area contributed by atoms with E-state index < -0.39 is 0 Å². The molecule has 3 aromatic heterocycles. The summed E-state index contributed by atoms with van der Waals surface area (Å²) in [6.07, 6.45) is 3.61. The van der Waals surface area contributed by atoms with Crippen molar-refractivity contribution in [2.75, 3.05) is 0 Å². The fraction of sp³-hybridized carbons (Fsp3) is 0. The summed E-state index contributed by atoms with van der Waals surface area (Å²) >= 11 is 0. The van der Waals surface area contributed by atoms with E-state index in [1.807, 2.05) is 60.8 Å². The number of aromatic nitrogens is 3. The van der Waals surface area contributed by atoms with Gasteiger partial charge in [0.25, 0.3) is 0 Å². The summed E-state index contributed by atoms with van der Waals surface area (Å²) in [6.45, 7) is 0. The van der Waals surface area contributed by atoms with Crippen molar-refractivity contribution in [3.05, 3.63) is 67.0 Å². The molecule has 0 amide bonds. The van der Waals surface area contributed by atoms with Gasteiger partial charge in [0.2, 0.25) is 0 Å². The van der Waals surface area contributed by atoms with Crippen molar-refractivity contribution in [3.63, 3.8) is 0 Å². The van der Waals surface area contributed by atoms with Gasteiger partial charge in [-0.15, -0.1) is 5.10 Å². The topological polar surface area (TPSA) is 51.8 Å². The third-order valence-corrected chi connectivity index (χ3v) is 4.08. The summed E-state index contributed by atoms with van der Waals surface area (Å²) in [4.78, 5) is 4.59. The number of hydrogen-bond acceptors (Lipinski definition) is 4. The summed E-state index contributed by atoms with van der Waals surface area (Å²) < 4.78 is 5.94. The number of rotatable bonds is 1. The Morgan fingerprint density at radius 1 is 0.739 bits per heavy atom. The molecule has 3 heterocycles. The summed E-state index contributed by atoms with van der Waals surface area (Å²) in [5.41, 5.74) is 3.21. The normalized spacial score (nSPS) is 11.5. The zero-order valence-corrected chi connectivity index (χ0v) is 12.1. The van der Waals surface area contributed by atoms with Gasteiger partial charge in [-0.1, -0.05) is 42.5 Å². The van der Waals surface area contributed by atoms with Crippen LogP contribution in [-0.2, 0) is 0 Å². The Bertz CT molecular complexity index is 1170. The summed E-state index contributed by atoms with van der Waals surface area (Å²) in [5, 5.41) is 12.5. The van der Waals surface area contributed by atoms with Crippen LogP contribution >= 0.6 is 0 Å². The second-order valence-corrected chi connectivity index (χ2v) is 5.44. The number of fused-ring (bicyclic) bond motifs is 4. The molecular formula is C19H11N3O. The van der Waals surface area contributed by atoms with E-state index in [1.165, 1.54) is 0 Å². The highest BCUT2D eigenvalue weighted by Crippen LogP contribution is 2.31. The van der Waals surface area contributed by atoms with Crippen LogP contribution in [0.25, 0.3) is 44.1 Å². The first kappa shape index (κ1) is 12.3. The highest BCUT2D eigenvalue weighted by atomic mass is 16.3. The summed E-state index contributed by atoms with van der Waals surface area (Å²) in [7, 11) is 0. The van der Waals surface area contributed by atoms with E-state index in [-0.39, 0.29) is 0 Å². The van der Waals surface area contributed by atoms with Crippen LogP contribution in [0.3, 0.4) is 0 Å². The van der Waals surface area contributed by atoms with Crippen molar-refractivity contribution in [3.8, 4) is 11.4 Å². The van der Waals surface area contributed by atoms with Crippen molar-refractivity contribution >= 4 is 32.7 Å².